The maximum Gasteiger partial charge on any atom is 0.296 e. The van der Waals surface area contributed by atoms with Gasteiger partial charge in [-0.3, -0.25) is 4.79 Å². The molecule has 1 amide bonds. The second-order valence-electron chi connectivity index (χ2n) is 9.40. The van der Waals surface area contributed by atoms with E-state index in [1.54, 1.807) is 6.92 Å². The van der Waals surface area contributed by atoms with Crippen LogP contribution >= 0.6 is 11.6 Å². The van der Waals surface area contributed by atoms with Crippen LogP contribution in [0.25, 0.3) is 22.4 Å². The highest BCUT2D eigenvalue weighted by molar-refractivity contribution is 6.33. The van der Waals surface area contributed by atoms with Crippen molar-refractivity contribution in [3.8, 4) is 17.3 Å². The Balaban J connectivity index is 1.20. The van der Waals surface area contributed by atoms with Gasteiger partial charge in [0.2, 0.25) is 5.91 Å². The quantitative estimate of drug-likeness (QED) is 0.605. The summed E-state index contributed by atoms with van der Waals surface area (Å²) in [5, 5.41) is 0.564. The molecular formula is C25H28ClN5O3. The number of piperidine rings is 1. The van der Waals surface area contributed by atoms with Crippen molar-refractivity contribution in [1.82, 2.24) is 19.9 Å². The molecule has 34 heavy (non-hydrogen) atoms. The zero-order valence-electron chi connectivity index (χ0n) is 19.2. The molecule has 1 aromatic carbocycles. The molecule has 3 aliphatic rings. The molecule has 6 rings (SSSR count). The first-order valence-corrected chi connectivity index (χ1v) is 12.4. The number of aromatic nitrogens is 3. The van der Waals surface area contributed by atoms with Crippen LogP contribution in [0.2, 0.25) is 5.02 Å². The molecule has 3 saturated heterocycles. The number of hydrogen-bond donors (Lipinski definition) is 1. The number of anilines is 1. The van der Waals surface area contributed by atoms with Crippen LogP contribution in [0.3, 0.4) is 0 Å². The molecule has 0 radical (unpaired) electrons. The van der Waals surface area contributed by atoms with E-state index in [1.807, 2.05) is 23.1 Å². The summed E-state index contributed by atoms with van der Waals surface area (Å²) in [7, 11) is 0. The molecule has 1 N–H and O–H groups in total. The first kappa shape index (κ1) is 21.7. The van der Waals surface area contributed by atoms with E-state index in [1.165, 1.54) is 5.69 Å². The number of rotatable bonds is 4. The Morgan fingerprint density at radius 1 is 1.12 bits per heavy atom. The number of carbonyl (C=O) groups is 1. The summed E-state index contributed by atoms with van der Waals surface area (Å²) < 4.78 is 11.7. The predicted molar refractivity (Wildman–Crippen MR) is 130 cm³/mol. The lowest BCUT2D eigenvalue weighted by atomic mass is 10.00. The van der Waals surface area contributed by atoms with E-state index in [2.05, 4.69) is 27.0 Å². The Morgan fingerprint density at radius 3 is 2.50 bits per heavy atom. The average Bonchev–Trinajstić information content (AvgIpc) is 3.36. The molecule has 3 fully saturated rings. The number of ether oxygens (including phenoxy) is 2. The van der Waals surface area contributed by atoms with Gasteiger partial charge in [-0.05, 0) is 31.0 Å². The molecule has 0 saturated carbocycles. The Morgan fingerprint density at radius 2 is 1.82 bits per heavy atom. The maximum absolute atomic E-state index is 12.0. The van der Waals surface area contributed by atoms with Crippen LogP contribution in [0.15, 0.2) is 30.3 Å². The van der Waals surface area contributed by atoms with E-state index < -0.39 is 0 Å². The Kier molecular flexibility index (Phi) is 5.57. The molecule has 2 unspecified atom stereocenters. The zero-order chi connectivity index (χ0) is 23.2. The fraction of sp³-hybridized carbons (Fsp3) is 0.480. The summed E-state index contributed by atoms with van der Waals surface area (Å²) in [4.78, 5) is 28.9. The van der Waals surface area contributed by atoms with Gasteiger partial charge in [-0.2, -0.15) is 4.98 Å². The van der Waals surface area contributed by atoms with Crippen LogP contribution in [0.4, 0.5) is 5.69 Å². The largest absolute Gasteiger partial charge is 0.461 e. The van der Waals surface area contributed by atoms with Crippen molar-refractivity contribution in [2.75, 3.05) is 31.2 Å². The van der Waals surface area contributed by atoms with Crippen LogP contribution in [-0.4, -0.2) is 70.2 Å². The van der Waals surface area contributed by atoms with Crippen molar-refractivity contribution in [3.63, 3.8) is 0 Å². The number of nitrogens with one attached hydrogen (secondary N) is 1. The smallest absolute Gasteiger partial charge is 0.296 e. The van der Waals surface area contributed by atoms with Gasteiger partial charge in [0, 0.05) is 56.2 Å². The van der Waals surface area contributed by atoms with Crippen molar-refractivity contribution in [2.45, 2.75) is 50.8 Å². The molecule has 2 bridgehead atoms. The minimum absolute atomic E-state index is 0.0383. The normalized spacial score (nSPS) is 24.6. The summed E-state index contributed by atoms with van der Waals surface area (Å²) >= 11 is 6.60. The number of amides is 1. The van der Waals surface area contributed by atoms with Gasteiger partial charge in [-0.25, -0.2) is 4.98 Å². The Bertz CT molecular complexity index is 1190. The summed E-state index contributed by atoms with van der Waals surface area (Å²) in [6.07, 6.45) is 3.81. The van der Waals surface area contributed by atoms with E-state index >= 15 is 0 Å². The van der Waals surface area contributed by atoms with Crippen molar-refractivity contribution >= 4 is 34.4 Å². The monoisotopic (exact) mass is 481 g/mol. The molecule has 5 heterocycles. The lowest BCUT2D eigenvalue weighted by Crippen LogP contribution is -2.48. The van der Waals surface area contributed by atoms with Crippen LogP contribution in [0.1, 0.15) is 32.6 Å². The molecule has 3 atom stereocenters. The van der Waals surface area contributed by atoms with Crippen LogP contribution in [0.5, 0.6) is 6.01 Å². The number of morpholine rings is 1. The van der Waals surface area contributed by atoms with E-state index in [-0.39, 0.29) is 24.1 Å². The Hall–Kier alpha value is -2.84. The molecule has 9 heteroatoms. The highest BCUT2D eigenvalue weighted by Gasteiger charge is 2.43. The lowest BCUT2D eigenvalue weighted by molar-refractivity contribution is -0.134. The number of fused-ring (bicyclic) bond motifs is 3. The van der Waals surface area contributed by atoms with Crippen LogP contribution in [0, 0.1) is 0 Å². The van der Waals surface area contributed by atoms with Crippen molar-refractivity contribution < 1.29 is 14.3 Å². The second kappa shape index (κ2) is 8.74. The highest BCUT2D eigenvalue weighted by Crippen LogP contribution is 2.37. The van der Waals surface area contributed by atoms with Gasteiger partial charge < -0.3 is 24.3 Å². The molecule has 0 spiro atoms. The van der Waals surface area contributed by atoms with Crippen LogP contribution in [-0.2, 0) is 9.53 Å². The minimum Gasteiger partial charge on any atom is -0.461 e. The van der Waals surface area contributed by atoms with Gasteiger partial charge >= 0.3 is 0 Å². The predicted octanol–water partition coefficient (Wildman–Crippen LogP) is 4.04. The van der Waals surface area contributed by atoms with Crippen molar-refractivity contribution in [3.05, 3.63) is 35.4 Å². The van der Waals surface area contributed by atoms with Gasteiger partial charge in [-0.15, -0.1) is 0 Å². The Labute approximate surface area is 203 Å². The zero-order valence-corrected chi connectivity index (χ0v) is 19.9. The SMILES string of the molecule is CC(=O)N1C2CC[C@@H]1CC(Oc1nc3nc(-c4ccc(N5CCOCC5)cc4)c(Cl)cc3[nH]1)C2. The fourth-order valence-electron chi connectivity index (χ4n) is 5.70. The molecule has 2 aromatic heterocycles. The van der Waals surface area contributed by atoms with E-state index in [4.69, 9.17) is 26.1 Å². The second-order valence-corrected chi connectivity index (χ2v) is 9.81. The van der Waals surface area contributed by atoms with E-state index in [0.717, 1.165) is 63.1 Å². The summed E-state index contributed by atoms with van der Waals surface area (Å²) in [5.41, 5.74) is 4.15. The molecule has 0 aliphatic carbocycles. The molecule has 3 aromatic rings. The number of H-pyrrole nitrogens is 1. The number of carbonyl (C=O) groups excluding carboxylic acids is 1. The van der Waals surface area contributed by atoms with E-state index in [9.17, 15) is 4.79 Å². The van der Waals surface area contributed by atoms with Gasteiger partial charge in [0.25, 0.3) is 6.01 Å². The third kappa shape index (κ3) is 3.99. The molecule has 3 aliphatic heterocycles. The summed E-state index contributed by atoms with van der Waals surface area (Å²) in [6.45, 7) is 4.97. The summed E-state index contributed by atoms with van der Waals surface area (Å²) in [6, 6.07) is 11.2. The van der Waals surface area contributed by atoms with Gasteiger partial charge in [0.05, 0.1) is 29.4 Å². The van der Waals surface area contributed by atoms with Crippen LogP contribution < -0.4 is 9.64 Å². The third-order valence-electron chi connectivity index (χ3n) is 7.25. The van der Waals surface area contributed by atoms with Gasteiger partial charge in [-0.1, -0.05) is 23.7 Å². The summed E-state index contributed by atoms with van der Waals surface area (Å²) in [5.74, 6) is 0.166. The third-order valence-corrected chi connectivity index (χ3v) is 7.54. The number of nitrogens with zero attached hydrogens (tertiary/aromatic N) is 4. The molecular weight excluding hydrogens is 454 g/mol. The topological polar surface area (TPSA) is 83.6 Å². The van der Waals surface area contributed by atoms with Crippen molar-refractivity contribution in [2.24, 2.45) is 0 Å². The average molecular weight is 482 g/mol. The first-order valence-electron chi connectivity index (χ1n) is 12.0. The molecule has 178 valence electrons. The first-order chi connectivity index (χ1) is 16.5. The lowest BCUT2D eigenvalue weighted by Gasteiger charge is -2.37. The minimum atomic E-state index is 0.0383. The number of aromatic amines is 1. The number of benzene rings is 1. The van der Waals surface area contributed by atoms with E-state index in [0.29, 0.717) is 22.4 Å². The standard InChI is InChI=1S/C25H28ClN5O3/c1-15(32)31-18-6-7-19(31)13-20(12-18)34-25-27-22-14-21(26)23(28-24(22)29-25)16-2-4-17(5-3-16)30-8-10-33-11-9-30/h2-5,14,18-20H,6-13H2,1H3,(H,27,28,29)/t18-,19?,20?/m1/s1. The maximum atomic E-state index is 12.0. The molecule has 8 nitrogen and oxygen atoms in total. The van der Waals surface area contributed by atoms with Gasteiger partial charge in [0.15, 0.2) is 5.65 Å². The number of hydrogen-bond acceptors (Lipinski definition) is 6. The fourth-order valence-corrected chi connectivity index (χ4v) is 5.96. The number of imidazole rings is 1. The number of halogens is 1. The number of pyridine rings is 1. The van der Waals surface area contributed by atoms with Gasteiger partial charge in [0.1, 0.15) is 6.10 Å². The van der Waals surface area contributed by atoms with Crippen molar-refractivity contribution in [1.29, 1.82) is 0 Å². The highest BCUT2D eigenvalue weighted by atomic mass is 35.5.